The Balaban J connectivity index is 2.73. The molecule has 1 aromatic heterocycles. The van der Waals surface area contributed by atoms with E-state index < -0.39 is 5.41 Å². The second-order valence-corrected chi connectivity index (χ2v) is 4.40. The lowest BCUT2D eigenvalue weighted by atomic mass is 9.93. The zero-order chi connectivity index (χ0) is 13.1. The van der Waals surface area contributed by atoms with E-state index in [0.29, 0.717) is 23.9 Å². The zero-order valence-corrected chi connectivity index (χ0v) is 10.3. The van der Waals surface area contributed by atoms with Crippen LogP contribution in [-0.4, -0.2) is 24.5 Å². The number of nitrogens with two attached hydrogens (primary N) is 2. The van der Waals surface area contributed by atoms with Crippen LogP contribution in [-0.2, 0) is 4.79 Å². The molecule has 0 aliphatic heterocycles. The minimum atomic E-state index is -0.643. The first kappa shape index (κ1) is 13.1. The van der Waals surface area contributed by atoms with Crippen molar-refractivity contribution in [2.45, 2.75) is 13.8 Å². The number of carbonyl (C=O) groups excluding carboxylic acids is 1. The summed E-state index contributed by atoms with van der Waals surface area (Å²) in [4.78, 5) is 15.3. The van der Waals surface area contributed by atoms with Gasteiger partial charge in [-0.05, 0) is 26.0 Å². The Bertz CT molecular complexity index is 418. The van der Waals surface area contributed by atoms with Gasteiger partial charge in [0.15, 0.2) is 0 Å². The quantitative estimate of drug-likeness (QED) is 0.696. The standard InChI is InChI=1S/C11H18N4O2/c1-11(2,10(13)16)6-14-8-5-4-7(12)9(15-8)17-3/h4-5H,6,12H2,1-3H3,(H2,13,16)(H,14,15). The number of hydrogen-bond donors (Lipinski definition) is 3. The summed E-state index contributed by atoms with van der Waals surface area (Å²) >= 11 is 0. The number of amides is 1. The second-order valence-electron chi connectivity index (χ2n) is 4.40. The molecule has 0 fully saturated rings. The van der Waals surface area contributed by atoms with Crippen molar-refractivity contribution in [3.8, 4) is 5.88 Å². The first-order chi connectivity index (χ1) is 7.86. The third-order valence-corrected chi connectivity index (χ3v) is 2.46. The number of pyridine rings is 1. The highest BCUT2D eigenvalue weighted by Crippen LogP contribution is 2.21. The molecule has 6 heteroatoms. The number of carbonyl (C=O) groups is 1. The van der Waals surface area contributed by atoms with Gasteiger partial charge in [-0.1, -0.05) is 0 Å². The molecular weight excluding hydrogens is 220 g/mol. The van der Waals surface area contributed by atoms with Gasteiger partial charge in [0.1, 0.15) is 5.82 Å². The molecule has 0 spiro atoms. The molecule has 5 N–H and O–H groups in total. The Labute approximate surface area is 100 Å². The van der Waals surface area contributed by atoms with Crippen LogP contribution in [0.25, 0.3) is 0 Å². The number of rotatable bonds is 5. The molecule has 94 valence electrons. The van der Waals surface area contributed by atoms with E-state index in [1.54, 1.807) is 26.0 Å². The van der Waals surface area contributed by atoms with E-state index >= 15 is 0 Å². The molecule has 1 heterocycles. The fourth-order valence-electron chi connectivity index (χ4n) is 1.11. The summed E-state index contributed by atoms with van der Waals surface area (Å²) in [6, 6.07) is 3.40. The van der Waals surface area contributed by atoms with Crippen LogP contribution < -0.4 is 21.5 Å². The van der Waals surface area contributed by atoms with Gasteiger partial charge in [-0.15, -0.1) is 0 Å². The summed E-state index contributed by atoms with van der Waals surface area (Å²) in [6.45, 7) is 3.91. The van der Waals surface area contributed by atoms with Crippen LogP contribution >= 0.6 is 0 Å². The maximum absolute atomic E-state index is 11.1. The maximum Gasteiger partial charge on any atom is 0.238 e. The highest BCUT2D eigenvalue weighted by Gasteiger charge is 2.24. The van der Waals surface area contributed by atoms with Crippen molar-refractivity contribution in [1.29, 1.82) is 0 Å². The molecule has 0 bridgehead atoms. The third-order valence-electron chi connectivity index (χ3n) is 2.46. The number of aromatic nitrogens is 1. The molecule has 0 saturated heterocycles. The number of anilines is 2. The van der Waals surface area contributed by atoms with Gasteiger partial charge < -0.3 is 21.5 Å². The highest BCUT2D eigenvalue weighted by atomic mass is 16.5. The van der Waals surface area contributed by atoms with Crippen molar-refractivity contribution >= 4 is 17.4 Å². The van der Waals surface area contributed by atoms with Crippen LogP contribution in [0.4, 0.5) is 11.5 Å². The average molecular weight is 238 g/mol. The van der Waals surface area contributed by atoms with Gasteiger partial charge in [-0.3, -0.25) is 4.79 Å². The van der Waals surface area contributed by atoms with E-state index in [-0.39, 0.29) is 5.91 Å². The summed E-state index contributed by atoms with van der Waals surface area (Å²) in [5.41, 5.74) is 10.7. The number of methoxy groups -OCH3 is 1. The Kier molecular flexibility index (Phi) is 3.77. The number of nitrogen functional groups attached to an aromatic ring is 1. The predicted molar refractivity (Wildman–Crippen MR) is 66.7 cm³/mol. The fraction of sp³-hybridized carbons (Fsp3) is 0.455. The van der Waals surface area contributed by atoms with E-state index in [1.165, 1.54) is 7.11 Å². The lowest BCUT2D eigenvalue weighted by Crippen LogP contribution is -2.37. The number of primary amides is 1. The van der Waals surface area contributed by atoms with E-state index in [2.05, 4.69) is 10.3 Å². The molecule has 0 unspecified atom stereocenters. The Morgan fingerprint density at radius 2 is 2.18 bits per heavy atom. The van der Waals surface area contributed by atoms with Gasteiger partial charge in [0.25, 0.3) is 0 Å². The Morgan fingerprint density at radius 3 is 2.71 bits per heavy atom. The largest absolute Gasteiger partial charge is 0.479 e. The highest BCUT2D eigenvalue weighted by molar-refractivity contribution is 5.80. The summed E-state index contributed by atoms with van der Waals surface area (Å²) in [6.07, 6.45) is 0. The van der Waals surface area contributed by atoms with Gasteiger partial charge in [-0.2, -0.15) is 4.98 Å². The number of nitrogens with one attached hydrogen (secondary N) is 1. The van der Waals surface area contributed by atoms with Crippen molar-refractivity contribution in [2.75, 3.05) is 24.7 Å². The normalized spacial score (nSPS) is 11.0. The summed E-state index contributed by atoms with van der Waals surface area (Å²) in [7, 11) is 1.50. The number of hydrogen-bond acceptors (Lipinski definition) is 5. The van der Waals surface area contributed by atoms with Gasteiger partial charge in [-0.25, -0.2) is 0 Å². The lowest BCUT2D eigenvalue weighted by Gasteiger charge is -2.21. The minimum Gasteiger partial charge on any atom is -0.479 e. The molecule has 0 atom stereocenters. The molecule has 0 radical (unpaired) electrons. The SMILES string of the molecule is COc1nc(NCC(C)(C)C(N)=O)ccc1N. The van der Waals surface area contributed by atoms with E-state index in [0.717, 1.165) is 0 Å². The van der Waals surface area contributed by atoms with E-state index in [9.17, 15) is 4.79 Å². The van der Waals surface area contributed by atoms with Crippen molar-refractivity contribution in [1.82, 2.24) is 4.98 Å². The summed E-state index contributed by atoms with van der Waals surface area (Å²) in [5.74, 6) is 0.574. The van der Waals surface area contributed by atoms with Crippen LogP contribution in [0.2, 0.25) is 0 Å². The van der Waals surface area contributed by atoms with Gasteiger partial charge in [0.2, 0.25) is 11.8 Å². The maximum atomic E-state index is 11.1. The monoisotopic (exact) mass is 238 g/mol. The van der Waals surface area contributed by atoms with Gasteiger partial charge in [0, 0.05) is 6.54 Å². The van der Waals surface area contributed by atoms with Crippen LogP contribution in [0.1, 0.15) is 13.8 Å². The molecule has 0 aliphatic rings. The van der Waals surface area contributed by atoms with E-state index in [1.807, 2.05) is 0 Å². The summed E-state index contributed by atoms with van der Waals surface area (Å²) in [5, 5.41) is 3.02. The lowest BCUT2D eigenvalue weighted by molar-refractivity contribution is -0.125. The molecule has 6 nitrogen and oxygen atoms in total. The predicted octanol–water partition coefficient (Wildman–Crippen LogP) is 0.596. The zero-order valence-electron chi connectivity index (χ0n) is 10.3. The second kappa shape index (κ2) is 4.90. The Hall–Kier alpha value is -1.98. The van der Waals surface area contributed by atoms with Crippen molar-refractivity contribution in [2.24, 2.45) is 11.1 Å². The van der Waals surface area contributed by atoms with E-state index in [4.69, 9.17) is 16.2 Å². The molecular formula is C11H18N4O2. The smallest absolute Gasteiger partial charge is 0.238 e. The number of ether oxygens (including phenoxy) is 1. The minimum absolute atomic E-state index is 0.354. The molecule has 1 rings (SSSR count). The summed E-state index contributed by atoms with van der Waals surface area (Å²) < 4.78 is 5.00. The first-order valence-electron chi connectivity index (χ1n) is 5.21. The molecule has 0 aromatic carbocycles. The third kappa shape index (κ3) is 3.24. The molecule has 0 saturated carbocycles. The first-order valence-corrected chi connectivity index (χ1v) is 5.21. The van der Waals surface area contributed by atoms with Crippen molar-refractivity contribution in [3.05, 3.63) is 12.1 Å². The molecule has 1 aromatic rings. The van der Waals surface area contributed by atoms with Gasteiger partial charge in [0.05, 0.1) is 18.2 Å². The van der Waals surface area contributed by atoms with Crippen LogP contribution in [0.3, 0.4) is 0 Å². The Morgan fingerprint density at radius 1 is 1.53 bits per heavy atom. The topological polar surface area (TPSA) is 103 Å². The van der Waals surface area contributed by atoms with Crippen molar-refractivity contribution < 1.29 is 9.53 Å². The molecule has 0 aliphatic carbocycles. The fourth-order valence-corrected chi connectivity index (χ4v) is 1.11. The van der Waals surface area contributed by atoms with Crippen LogP contribution in [0, 0.1) is 5.41 Å². The number of nitrogens with zero attached hydrogens (tertiary/aromatic N) is 1. The average Bonchev–Trinajstić information content (AvgIpc) is 2.28. The van der Waals surface area contributed by atoms with Crippen molar-refractivity contribution in [3.63, 3.8) is 0 Å². The van der Waals surface area contributed by atoms with Crippen LogP contribution in [0.5, 0.6) is 5.88 Å². The van der Waals surface area contributed by atoms with Gasteiger partial charge >= 0.3 is 0 Å². The molecule has 17 heavy (non-hydrogen) atoms. The molecule has 1 amide bonds. The van der Waals surface area contributed by atoms with Crippen LogP contribution in [0.15, 0.2) is 12.1 Å².